The summed E-state index contributed by atoms with van der Waals surface area (Å²) in [5, 5.41) is 1.96. The Morgan fingerprint density at radius 2 is 1.54 bits per heavy atom. The molecule has 0 bridgehead atoms. The molecule has 0 spiro atoms. The van der Waals surface area contributed by atoms with Gasteiger partial charge in [0.15, 0.2) is 6.20 Å². The molecular weight excluding hydrogens is 457 g/mol. The molecule has 1 aliphatic carbocycles. The maximum absolute atomic E-state index is 15.6. The topological polar surface area (TPSA) is 17.0 Å². The number of nitrogens with zero attached hydrogens (tertiary/aromatic N) is 1. The van der Waals surface area contributed by atoms with E-state index in [-0.39, 0.29) is 5.82 Å². The molecule has 0 unspecified atom stereocenters. The van der Waals surface area contributed by atoms with Crippen LogP contribution in [0.25, 0.3) is 44.3 Å². The summed E-state index contributed by atoms with van der Waals surface area (Å²) in [6.45, 7) is 8.95. The monoisotopic (exact) mass is 492 g/mol. The number of pyridine rings is 1. The van der Waals surface area contributed by atoms with Crippen LogP contribution in [-0.4, -0.2) is 0 Å². The lowest BCUT2D eigenvalue weighted by Crippen LogP contribution is -2.30. The van der Waals surface area contributed by atoms with Gasteiger partial charge in [0.1, 0.15) is 24.0 Å². The standard InChI is InChI=1S/C34H35FNO/c1-21-9-11-26-27-13-14-28(35)31(33(27)37-32(26)30(21)29-8-6-7-19-36(29)5)25-12-10-24(20-22(25)2)23-15-17-34(3,4)18-16-23/h6-14,19-20,23H,15-18H2,1-5H3/q+1. The first-order valence-electron chi connectivity index (χ1n) is 13.4. The number of rotatable bonds is 3. The molecule has 3 aromatic carbocycles. The molecule has 1 aliphatic rings. The van der Waals surface area contributed by atoms with Gasteiger partial charge in [-0.2, -0.15) is 0 Å². The number of hydrogen-bond donors (Lipinski definition) is 0. The Kier molecular flexibility index (Phi) is 5.71. The summed E-state index contributed by atoms with van der Waals surface area (Å²) in [5.41, 5.74) is 9.07. The summed E-state index contributed by atoms with van der Waals surface area (Å²) in [6.07, 6.45) is 6.99. The van der Waals surface area contributed by atoms with Crippen LogP contribution >= 0.6 is 0 Å². The average molecular weight is 493 g/mol. The summed E-state index contributed by atoms with van der Waals surface area (Å²) >= 11 is 0. The molecule has 2 heterocycles. The number of furan rings is 1. The molecular formula is C34H35FNO+. The van der Waals surface area contributed by atoms with E-state index < -0.39 is 0 Å². The molecule has 2 aromatic heterocycles. The Labute approximate surface area is 218 Å². The zero-order valence-electron chi connectivity index (χ0n) is 22.5. The van der Waals surface area contributed by atoms with E-state index in [1.165, 1.54) is 31.2 Å². The van der Waals surface area contributed by atoms with E-state index in [2.05, 4.69) is 68.7 Å². The fraction of sp³-hybridized carbons (Fsp3) is 0.324. The third kappa shape index (κ3) is 4.05. The van der Waals surface area contributed by atoms with Gasteiger partial charge in [-0.25, -0.2) is 8.96 Å². The van der Waals surface area contributed by atoms with Crippen LogP contribution in [0.1, 0.15) is 62.1 Å². The average Bonchev–Trinajstić information content (AvgIpc) is 3.23. The zero-order valence-corrected chi connectivity index (χ0v) is 22.5. The van der Waals surface area contributed by atoms with Crippen LogP contribution < -0.4 is 4.57 Å². The Hall–Kier alpha value is -3.46. The molecule has 0 amide bonds. The first kappa shape index (κ1) is 23.9. The van der Waals surface area contributed by atoms with Crippen LogP contribution in [0.4, 0.5) is 4.39 Å². The second kappa shape index (κ2) is 8.83. The van der Waals surface area contributed by atoms with Crippen LogP contribution in [-0.2, 0) is 7.05 Å². The molecule has 2 nitrogen and oxygen atoms in total. The minimum absolute atomic E-state index is 0.245. The molecule has 0 saturated heterocycles. The van der Waals surface area contributed by atoms with Crippen LogP contribution in [0.15, 0.2) is 71.3 Å². The second-order valence-electron chi connectivity index (χ2n) is 11.7. The van der Waals surface area contributed by atoms with E-state index in [1.54, 1.807) is 6.07 Å². The number of hydrogen-bond acceptors (Lipinski definition) is 1. The lowest BCUT2D eigenvalue weighted by atomic mass is 9.71. The summed E-state index contributed by atoms with van der Waals surface area (Å²) in [6, 6.07) is 20.4. The lowest BCUT2D eigenvalue weighted by molar-refractivity contribution is -0.660. The van der Waals surface area contributed by atoms with E-state index in [4.69, 9.17) is 4.42 Å². The quantitative estimate of drug-likeness (QED) is 0.229. The highest BCUT2D eigenvalue weighted by Crippen LogP contribution is 2.45. The predicted molar refractivity (Wildman–Crippen MR) is 150 cm³/mol. The van der Waals surface area contributed by atoms with Gasteiger partial charge in [0, 0.05) is 22.9 Å². The fourth-order valence-corrected chi connectivity index (χ4v) is 6.28. The van der Waals surface area contributed by atoms with Crippen molar-refractivity contribution in [3.05, 3.63) is 89.4 Å². The van der Waals surface area contributed by atoms with Crippen molar-refractivity contribution in [3.63, 3.8) is 0 Å². The first-order valence-corrected chi connectivity index (χ1v) is 13.4. The van der Waals surface area contributed by atoms with Gasteiger partial charge in [0.2, 0.25) is 5.69 Å². The Bertz CT molecular complexity index is 1650. The molecule has 37 heavy (non-hydrogen) atoms. The largest absolute Gasteiger partial charge is 0.454 e. The molecule has 3 heteroatoms. The fourth-order valence-electron chi connectivity index (χ4n) is 6.28. The highest BCUT2D eigenvalue weighted by molar-refractivity contribution is 6.13. The van der Waals surface area contributed by atoms with E-state index in [0.29, 0.717) is 22.5 Å². The van der Waals surface area contributed by atoms with Gasteiger partial charge in [0.25, 0.3) is 0 Å². The molecule has 0 atom stereocenters. The van der Waals surface area contributed by atoms with E-state index in [0.717, 1.165) is 44.3 Å². The molecule has 188 valence electrons. The van der Waals surface area contributed by atoms with Gasteiger partial charge in [-0.1, -0.05) is 44.2 Å². The molecule has 0 radical (unpaired) electrons. The Morgan fingerprint density at radius 1 is 0.838 bits per heavy atom. The van der Waals surface area contributed by atoms with Crippen LogP contribution in [0.2, 0.25) is 0 Å². The van der Waals surface area contributed by atoms with Crippen molar-refractivity contribution in [2.24, 2.45) is 12.5 Å². The Morgan fingerprint density at radius 3 is 2.24 bits per heavy atom. The van der Waals surface area contributed by atoms with Crippen molar-refractivity contribution in [1.29, 1.82) is 0 Å². The molecule has 5 aromatic rings. The van der Waals surface area contributed by atoms with Crippen LogP contribution in [0.5, 0.6) is 0 Å². The van der Waals surface area contributed by atoms with Gasteiger partial charge in [-0.3, -0.25) is 0 Å². The normalized spacial score (nSPS) is 16.1. The lowest BCUT2D eigenvalue weighted by Gasteiger charge is -2.34. The highest BCUT2D eigenvalue weighted by atomic mass is 19.1. The minimum atomic E-state index is -0.245. The third-order valence-electron chi connectivity index (χ3n) is 8.61. The maximum atomic E-state index is 15.6. The summed E-state index contributed by atoms with van der Waals surface area (Å²) in [7, 11) is 2.04. The molecule has 6 rings (SSSR count). The Balaban J connectivity index is 1.51. The first-order chi connectivity index (χ1) is 17.7. The van der Waals surface area contributed by atoms with Crippen molar-refractivity contribution in [2.45, 2.75) is 59.3 Å². The summed E-state index contributed by atoms with van der Waals surface area (Å²) in [5.74, 6) is 0.343. The minimum Gasteiger partial charge on any atom is -0.454 e. The smallest absolute Gasteiger partial charge is 0.216 e. The zero-order chi connectivity index (χ0) is 25.9. The van der Waals surface area contributed by atoms with Gasteiger partial charge < -0.3 is 4.42 Å². The van der Waals surface area contributed by atoms with Crippen molar-refractivity contribution >= 4 is 21.9 Å². The predicted octanol–water partition coefficient (Wildman–Crippen LogP) is 9.18. The van der Waals surface area contributed by atoms with E-state index in [1.807, 2.05) is 31.4 Å². The van der Waals surface area contributed by atoms with Gasteiger partial charge >= 0.3 is 0 Å². The van der Waals surface area contributed by atoms with E-state index >= 15 is 4.39 Å². The number of benzene rings is 3. The van der Waals surface area contributed by atoms with Crippen molar-refractivity contribution in [3.8, 4) is 22.4 Å². The van der Waals surface area contributed by atoms with E-state index in [9.17, 15) is 0 Å². The van der Waals surface area contributed by atoms with Crippen LogP contribution in [0.3, 0.4) is 0 Å². The second-order valence-corrected chi connectivity index (χ2v) is 11.7. The summed E-state index contributed by atoms with van der Waals surface area (Å²) < 4.78 is 24.3. The number of halogens is 1. The highest BCUT2D eigenvalue weighted by Gasteiger charge is 2.28. The molecule has 0 aliphatic heterocycles. The van der Waals surface area contributed by atoms with Crippen molar-refractivity contribution < 1.29 is 13.4 Å². The van der Waals surface area contributed by atoms with Gasteiger partial charge in [-0.15, -0.1) is 0 Å². The third-order valence-corrected chi connectivity index (χ3v) is 8.61. The van der Waals surface area contributed by atoms with Gasteiger partial charge in [0.05, 0.1) is 11.1 Å². The maximum Gasteiger partial charge on any atom is 0.216 e. The SMILES string of the molecule is Cc1cc(C2CCC(C)(C)CC2)ccc1-c1c(F)ccc2c1oc1c(-c3cccc[n+]3C)c(C)ccc12. The van der Waals surface area contributed by atoms with Crippen LogP contribution in [0, 0.1) is 25.1 Å². The molecule has 1 saturated carbocycles. The summed E-state index contributed by atoms with van der Waals surface area (Å²) in [4.78, 5) is 0. The van der Waals surface area contributed by atoms with Crippen molar-refractivity contribution in [1.82, 2.24) is 0 Å². The van der Waals surface area contributed by atoms with Gasteiger partial charge in [-0.05, 0) is 91.3 Å². The molecule has 1 fully saturated rings. The number of aryl methyl sites for hydroxylation is 3. The van der Waals surface area contributed by atoms with Crippen molar-refractivity contribution in [2.75, 3.05) is 0 Å². The molecule has 0 N–H and O–H groups in total. The number of fused-ring (bicyclic) bond motifs is 3. The number of aromatic nitrogens is 1.